The second-order valence-corrected chi connectivity index (χ2v) is 5.35. The zero-order valence-corrected chi connectivity index (χ0v) is 12.2. The van der Waals surface area contributed by atoms with E-state index in [0.29, 0.717) is 6.54 Å². The van der Waals surface area contributed by atoms with Gasteiger partial charge in [-0.2, -0.15) is 5.10 Å². The molecule has 0 radical (unpaired) electrons. The summed E-state index contributed by atoms with van der Waals surface area (Å²) in [6, 6.07) is 1.77. The number of aryl methyl sites for hydroxylation is 2. The molecule has 0 aromatic carbocycles. The van der Waals surface area contributed by atoms with Gasteiger partial charge in [-0.1, -0.05) is 5.16 Å². The Morgan fingerprint density at radius 2 is 2.43 bits per heavy atom. The normalized spacial score (nSPS) is 18.2. The van der Waals surface area contributed by atoms with E-state index in [1.165, 1.54) is 6.26 Å². The number of carbonyl (C=O) groups is 1. The third-order valence-electron chi connectivity index (χ3n) is 3.94. The van der Waals surface area contributed by atoms with Crippen LogP contribution in [0.4, 0.5) is 4.79 Å². The molecule has 21 heavy (non-hydrogen) atoms. The maximum absolute atomic E-state index is 12.4. The molecule has 2 aromatic heterocycles. The number of carbonyl (C=O) groups excluding carboxylic acids is 1. The third-order valence-corrected chi connectivity index (χ3v) is 3.94. The van der Waals surface area contributed by atoms with Gasteiger partial charge in [0.05, 0.1) is 18.3 Å². The molecular formula is C14H19N5O2. The van der Waals surface area contributed by atoms with Crippen molar-refractivity contribution in [3.63, 3.8) is 0 Å². The van der Waals surface area contributed by atoms with Gasteiger partial charge in [0.2, 0.25) is 0 Å². The van der Waals surface area contributed by atoms with Crippen LogP contribution in [0.1, 0.15) is 41.5 Å². The molecule has 2 aromatic rings. The van der Waals surface area contributed by atoms with Gasteiger partial charge in [0.15, 0.2) is 0 Å². The standard InChI is InChI=1S/C14H19N5O2/c1-9-13(10(2)17-16-9)12-4-3-6-19(12)14(20)15-8-11-5-7-21-18-11/h5,7,12H,3-4,6,8H2,1-2H3,(H,15,20)(H,16,17)/t12-/m1/s1. The predicted octanol–water partition coefficient (Wildman–Crippen LogP) is 2.06. The average Bonchev–Trinajstić information content (AvgIpc) is 3.18. The average molecular weight is 289 g/mol. The van der Waals surface area contributed by atoms with Gasteiger partial charge in [-0.15, -0.1) is 0 Å². The van der Waals surface area contributed by atoms with Gasteiger partial charge >= 0.3 is 6.03 Å². The van der Waals surface area contributed by atoms with Crippen LogP contribution in [0, 0.1) is 13.8 Å². The molecule has 0 unspecified atom stereocenters. The molecule has 7 heteroatoms. The highest BCUT2D eigenvalue weighted by atomic mass is 16.5. The lowest BCUT2D eigenvalue weighted by Gasteiger charge is -2.25. The van der Waals surface area contributed by atoms with Crippen molar-refractivity contribution < 1.29 is 9.32 Å². The van der Waals surface area contributed by atoms with Crippen molar-refractivity contribution in [3.8, 4) is 0 Å². The Bertz CT molecular complexity index is 600. The monoisotopic (exact) mass is 289 g/mol. The second-order valence-electron chi connectivity index (χ2n) is 5.35. The highest BCUT2D eigenvalue weighted by Crippen LogP contribution is 2.34. The van der Waals surface area contributed by atoms with E-state index in [2.05, 4.69) is 20.7 Å². The number of H-pyrrole nitrogens is 1. The largest absolute Gasteiger partial charge is 0.364 e. The lowest BCUT2D eigenvalue weighted by atomic mass is 10.0. The Labute approximate surface area is 122 Å². The highest BCUT2D eigenvalue weighted by molar-refractivity contribution is 5.75. The summed E-state index contributed by atoms with van der Waals surface area (Å²) in [5, 5.41) is 13.9. The molecule has 0 spiro atoms. The summed E-state index contributed by atoms with van der Waals surface area (Å²) in [5.74, 6) is 0. The first kappa shape index (κ1) is 13.7. The van der Waals surface area contributed by atoms with E-state index in [9.17, 15) is 4.79 Å². The van der Waals surface area contributed by atoms with Crippen molar-refractivity contribution in [2.24, 2.45) is 0 Å². The van der Waals surface area contributed by atoms with Crippen molar-refractivity contribution in [2.75, 3.05) is 6.54 Å². The number of rotatable bonds is 3. The fraction of sp³-hybridized carbons (Fsp3) is 0.500. The first-order valence-corrected chi connectivity index (χ1v) is 7.12. The molecule has 1 saturated heterocycles. The van der Waals surface area contributed by atoms with E-state index in [1.54, 1.807) is 6.07 Å². The van der Waals surface area contributed by atoms with Gasteiger partial charge < -0.3 is 14.7 Å². The smallest absolute Gasteiger partial charge is 0.318 e. The molecule has 1 aliphatic rings. The molecule has 3 heterocycles. The molecule has 1 fully saturated rings. The minimum Gasteiger partial charge on any atom is -0.364 e. The lowest BCUT2D eigenvalue weighted by molar-refractivity contribution is 0.192. The van der Waals surface area contributed by atoms with Crippen LogP contribution in [0.15, 0.2) is 16.9 Å². The molecule has 0 aliphatic carbocycles. The van der Waals surface area contributed by atoms with Gasteiger partial charge in [-0.3, -0.25) is 5.10 Å². The number of nitrogens with zero attached hydrogens (tertiary/aromatic N) is 3. The number of likely N-dealkylation sites (tertiary alicyclic amines) is 1. The number of hydrogen-bond acceptors (Lipinski definition) is 4. The Kier molecular flexibility index (Phi) is 3.64. The van der Waals surface area contributed by atoms with E-state index in [1.807, 2.05) is 18.7 Å². The van der Waals surface area contributed by atoms with Gasteiger partial charge in [0, 0.05) is 23.9 Å². The molecule has 3 rings (SSSR count). The van der Waals surface area contributed by atoms with Gasteiger partial charge in [0.25, 0.3) is 0 Å². The first-order valence-electron chi connectivity index (χ1n) is 7.12. The maximum Gasteiger partial charge on any atom is 0.318 e. The summed E-state index contributed by atoms with van der Waals surface area (Å²) in [7, 11) is 0. The topological polar surface area (TPSA) is 87.0 Å². The van der Waals surface area contributed by atoms with Crippen molar-refractivity contribution >= 4 is 6.03 Å². The van der Waals surface area contributed by atoms with Crippen LogP contribution in [0.3, 0.4) is 0 Å². The quantitative estimate of drug-likeness (QED) is 0.905. The predicted molar refractivity (Wildman–Crippen MR) is 75.5 cm³/mol. The number of aromatic nitrogens is 3. The molecule has 0 bridgehead atoms. The van der Waals surface area contributed by atoms with Gasteiger partial charge in [0.1, 0.15) is 12.0 Å². The zero-order chi connectivity index (χ0) is 14.8. The third kappa shape index (κ3) is 2.63. The van der Waals surface area contributed by atoms with Crippen LogP contribution in [-0.2, 0) is 6.54 Å². The molecule has 2 amide bonds. The Morgan fingerprint density at radius 1 is 1.57 bits per heavy atom. The molecule has 0 saturated carbocycles. The summed E-state index contributed by atoms with van der Waals surface area (Å²) < 4.78 is 4.76. The van der Waals surface area contributed by atoms with Crippen LogP contribution in [0.2, 0.25) is 0 Å². The molecule has 7 nitrogen and oxygen atoms in total. The number of aromatic amines is 1. The molecule has 112 valence electrons. The van der Waals surface area contributed by atoms with Crippen LogP contribution >= 0.6 is 0 Å². The number of amides is 2. The number of urea groups is 1. The maximum atomic E-state index is 12.4. The Hall–Kier alpha value is -2.31. The minimum absolute atomic E-state index is 0.0690. The molecular weight excluding hydrogens is 270 g/mol. The number of nitrogens with one attached hydrogen (secondary N) is 2. The van der Waals surface area contributed by atoms with Crippen LogP contribution < -0.4 is 5.32 Å². The Balaban J connectivity index is 1.70. The SMILES string of the molecule is Cc1n[nH]c(C)c1[C@H]1CCCN1C(=O)NCc1ccon1. The first-order chi connectivity index (χ1) is 10.2. The summed E-state index contributed by atoms with van der Waals surface area (Å²) >= 11 is 0. The van der Waals surface area contributed by atoms with Gasteiger partial charge in [-0.25, -0.2) is 4.79 Å². The van der Waals surface area contributed by atoms with E-state index in [4.69, 9.17) is 4.52 Å². The fourth-order valence-electron chi connectivity index (χ4n) is 2.96. The lowest BCUT2D eigenvalue weighted by Crippen LogP contribution is -2.39. The fourth-order valence-corrected chi connectivity index (χ4v) is 2.96. The van der Waals surface area contributed by atoms with E-state index in [-0.39, 0.29) is 12.1 Å². The summed E-state index contributed by atoms with van der Waals surface area (Å²) in [5.41, 5.74) is 3.86. The summed E-state index contributed by atoms with van der Waals surface area (Å²) in [4.78, 5) is 14.3. The van der Waals surface area contributed by atoms with E-state index in [0.717, 1.165) is 42.0 Å². The van der Waals surface area contributed by atoms with Crippen LogP contribution in [0.25, 0.3) is 0 Å². The van der Waals surface area contributed by atoms with Crippen molar-refractivity contribution in [1.29, 1.82) is 0 Å². The summed E-state index contributed by atoms with van der Waals surface area (Å²) in [6.45, 7) is 5.11. The highest BCUT2D eigenvalue weighted by Gasteiger charge is 2.32. The number of hydrogen-bond donors (Lipinski definition) is 2. The summed E-state index contributed by atoms with van der Waals surface area (Å²) in [6.07, 6.45) is 3.48. The Morgan fingerprint density at radius 3 is 3.10 bits per heavy atom. The zero-order valence-electron chi connectivity index (χ0n) is 12.2. The van der Waals surface area contributed by atoms with Crippen molar-refractivity contribution in [2.45, 2.75) is 39.3 Å². The van der Waals surface area contributed by atoms with Crippen LogP contribution in [-0.4, -0.2) is 32.8 Å². The van der Waals surface area contributed by atoms with Crippen molar-refractivity contribution in [3.05, 3.63) is 35.0 Å². The van der Waals surface area contributed by atoms with E-state index < -0.39 is 0 Å². The molecule has 1 atom stereocenters. The molecule has 2 N–H and O–H groups in total. The van der Waals surface area contributed by atoms with Crippen molar-refractivity contribution in [1.82, 2.24) is 25.6 Å². The minimum atomic E-state index is -0.0690. The van der Waals surface area contributed by atoms with E-state index >= 15 is 0 Å². The van der Waals surface area contributed by atoms with Crippen LogP contribution in [0.5, 0.6) is 0 Å². The van der Waals surface area contributed by atoms with Gasteiger partial charge in [-0.05, 0) is 26.7 Å². The molecule has 1 aliphatic heterocycles. The second kappa shape index (κ2) is 5.59.